The molecule has 10 nitrogen and oxygen atoms in total. The number of benzene rings is 2. The number of hydrogen-bond acceptors (Lipinski definition) is 10. The predicted octanol–water partition coefficient (Wildman–Crippen LogP) is 8.45. The zero-order chi connectivity index (χ0) is 37.3. The second-order valence-corrected chi connectivity index (χ2v) is 14.4. The van der Waals surface area contributed by atoms with Crippen molar-refractivity contribution in [2.24, 2.45) is 0 Å². The maximum Gasteiger partial charge on any atom is 0.357 e. The van der Waals surface area contributed by atoms with E-state index in [1.54, 1.807) is 50.6 Å². The summed E-state index contributed by atoms with van der Waals surface area (Å²) in [6.07, 6.45) is 9.48. The molecule has 3 N–H and O–H groups in total. The van der Waals surface area contributed by atoms with E-state index >= 15 is 0 Å². The van der Waals surface area contributed by atoms with Crippen molar-refractivity contribution >= 4 is 91.9 Å². The second kappa shape index (κ2) is 18.0. The number of ether oxygens (including phenoxy) is 5. The van der Waals surface area contributed by atoms with Gasteiger partial charge in [-0.05, 0) is 85.9 Å². The molecule has 0 atom stereocenters. The number of thiocarbonyl (C=S) groups is 2. The lowest BCUT2D eigenvalue weighted by atomic mass is 9.80. The van der Waals surface area contributed by atoms with Crippen molar-refractivity contribution in [1.82, 2.24) is 10.6 Å². The SMILES string of the molecule is COC(=S)Cl.COC(=S)OC1=C(c2ccc(OC)cc2Cl)C(=O)NC12CCCCC2.COc1ccc(C2=C(O)C3(CCCCC3)NC2=O)c(Cl)c1. The van der Waals surface area contributed by atoms with Crippen LogP contribution in [0.1, 0.15) is 75.3 Å². The molecule has 2 aromatic carbocycles. The molecule has 2 heterocycles. The Kier molecular flexibility index (Phi) is 14.3. The highest BCUT2D eigenvalue weighted by atomic mass is 35.5. The van der Waals surface area contributed by atoms with Gasteiger partial charge in [0.05, 0.1) is 60.7 Å². The van der Waals surface area contributed by atoms with Gasteiger partial charge in [-0.1, -0.05) is 61.7 Å². The van der Waals surface area contributed by atoms with E-state index in [2.05, 4.69) is 27.6 Å². The van der Waals surface area contributed by atoms with Crippen molar-refractivity contribution in [2.45, 2.75) is 75.3 Å². The molecular formula is C36H41Cl3N2O8S2. The Morgan fingerprint density at radius 3 is 1.57 bits per heavy atom. The number of methoxy groups -OCH3 is 4. The Balaban J connectivity index is 0.000000204. The minimum atomic E-state index is -0.589. The van der Waals surface area contributed by atoms with Gasteiger partial charge >= 0.3 is 5.24 Å². The molecule has 2 saturated carbocycles. The average molecular weight is 800 g/mol. The minimum Gasteiger partial charge on any atom is -0.509 e. The van der Waals surface area contributed by atoms with Crippen molar-refractivity contribution in [3.8, 4) is 11.5 Å². The van der Waals surface area contributed by atoms with Crippen LogP contribution in [0.15, 0.2) is 47.9 Å². The van der Waals surface area contributed by atoms with Crippen LogP contribution in [-0.4, -0.2) is 66.2 Å². The van der Waals surface area contributed by atoms with E-state index in [1.165, 1.54) is 14.2 Å². The van der Waals surface area contributed by atoms with E-state index in [9.17, 15) is 14.7 Å². The molecule has 0 unspecified atom stereocenters. The van der Waals surface area contributed by atoms with Gasteiger partial charge in [0.15, 0.2) is 0 Å². The van der Waals surface area contributed by atoms with Gasteiger partial charge in [-0.3, -0.25) is 9.59 Å². The first-order valence-electron chi connectivity index (χ1n) is 16.4. The molecule has 0 aromatic heterocycles. The molecule has 15 heteroatoms. The van der Waals surface area contributed by atoms with E-state index < -0.39 is 11.1 Å². The lowest BCUT2D eigenvalue weighted by Crippen LogP contribution is -2.46. The van der Waals surface area contributed by atoms with Crippen molar-refractivity contribution in [3.63, 3.8) is 0 Å². The van der Waals surface area contributed by atoms with Crippen LogP contribution in [0.3, 0.4) is 0 Å². The summed E-state index contributed by atoms with van der Waals surface area (Å²) in [5.41, 5.74) is 0.717. The first-order valence-corrected chi connectivity index (χ1v) is 18.3. The lowest BCUT2D eigenvalue weighted by Gasteiger charge is -2.35. The average Bonchev–Trinajstić information content (AvgIpc) is 3.51. The van der Waals surface area contributed by atoms with Gasteiger partial charge in [-0.15, -0.1) is 0 Å². The van der Waals surface area contributed by atoms with Gasteiger partial charge in [0.1, 0.15) is 23.0 Å². The molecule has 0 radical (unpaired) electrons. The standard InChI is InChI=1S/C18H20ClNO4S.C16H18ClNO3.C2H3ClOS/c1-22-11-6-7-12(13(19)10-11)14-15(24-17(25)23-2)18(20-16(14)21)8-4-3-5-9-18;1-21-10-5-6-11(12(17)9-10)13-14(19)16(18-15(13)20)7-3-2-4-8-16;1-4-2(3)5/h6-7,10H,3-5,8-9H2,1-2H3,(H,20,21);5-6,9,19H,2-4,7-8H2,1H3,(H,18,20);1H3. The highest BCUT2D eigenvalue weighted by Gasteiger charge is 2.49. The van der Waals surface area contributed by atoms with Crippen LogP contribution in [-0.2, 0) is 23.8 Å². The molecule has 6 rings (SSSR count). The highest BCUT2D eigenvalue weighted by Crippen LogP contribution is 2.45. The number of aliphatic hydroxyl groups excluding tert-OH is 1. The monoisotopic (exact) mass is 798 g/mol. The Labute approximate surface area is 323 Å². The summed E-state index contributed by atoms with van der Waals surface area (Å²) >= 11 is 26.9. The molecule has 2 aliphatic carbocycles. The van der Waals surface area contributed by atoms with E-state index in [4.69, 9.17) is 66.0 Å². The molecule has 2 spiro atoms. The van der Waals surface area contributed by atoms with E-state index in [0.29, 0.717) is 49.6 Å². The molecule has 51 heavy (non-hydrogen) atoms. The first-order chi connectivity index (χ1) is 24.3. The number of carbonyl (C=O) groups is 2. The lowest BCUT2D eigenvalue weighted by molar-refractivity contribution is -0.117. The number of hydrogen-bond donors (Lipinski definition) is 3. The molecule has 2 fully saturated rings. The maximum atomic E-state index is 12.8. The van der Waals surface area contributed by atoms with Gasteiger partial charge < -0.3 is 39.4 Å². The Morgan fingerprint density at radius 1 is 0.706 bits per heavy atom. The fourth-order valence-corrected chi connectivity index (χ4v) is 7.42. The van der Waals surface area contributed by atoms with Gasteiger partial charge in [-0.25, -0.2) is 0 Å². The third-order valence-electron chi connectivity index (χ3n) is 9.33. The number of nitrogens with one attached hydrogen (secondary N) is 2. The number of rotatable bonds is 5. The zero-order valence-electron chi connectivity index (χ0n) is 28.8. The molecule has 0 bridgehead atoms. The number of carbonyl (C=O) groups excluding carboxylic acids is 2. The summed E-state index contributed by atoms with van der Waals surface area (Å²) in [6, 6.07) is 10.3. The van der Waals surface area contributed by atoms with Gasteiger partial charge in [0.2, 0.25) is 0 Å². The van der Waals surface area contributed by atoms with Gasteiger partial charge in [0, 0.05) is 23.3 Å². The third-order valence-corrected chi connectivity index (χ3v) is 10.5. The molecule has 2 aliphatic heterocycles. The normalized spacial score (nSPS) is 18.5. The third kappa shape index (κ3) is 9.21. The van der Waals surface area contributed by atoms with Gasteiger partial charge in [0.25, 0.3) is 16.3 Å². The minimum absolute atomic E-state index is 0.0152. The smallest absolute Gasteiger partial charge is 0.357 e. The number of halogens is 3. The van der Waals surface area contributed by atoms with Crippen molar-refractivity contribution < 1.29 is 38.4 Å². The predicted molar refractivity (Wildman–Crippen MR) is 207 cm³/mol. The summed E-state index contributed by atoms with van der Waals surface area (Å²) in [4.78, 5) is 25.2. The quantitative estimate of drug-likeness (QED) is 0.201. The van der Waals surface area contributed by atoms with Crippen molar-refractivity contribution in [1.29, 1.82) is 0 Å². The Hall–Kier alpha value is -3.29. The summed E-state index contributed by atoms with van der Waals surface area (Å²) in [7, 11) is 5.99. The molecule has 4 aliphatic rings. The maximum absolute atomic E-state index is 12.8. The van der Waals surface area contributed by atoms with Gasteiger partial charge in [-0.2, -0.15) is 0 Å². The van der Waals surface area contributed by atoms with Crippen molar-refractivity contribution in [2.75, 3.05) is 28.4 Å². The van der Waals surface area contributed by atoms with Crippen LogP contribution in [0.5, 0.6) is 11.5 Å². The second-order valence-electron chi connectivity index (χ2n) is 12.3. The summed E-state index contributed by atoms with van der Waals surface area (Å²) < 4.78 is 25.4. The van der Waals surface area contributed by atoms with Crippen LogP contribution in [0.25, 0.3) is 11.1 Å². The largest absolute Gasteiger partial charge is 0.509 e. The van der Waals surface area contributed by atoms with E-state index in [1.807, 2.05) is 0 Å². The molecule has 276 valence electrons. The Bertz CT molecular complexity index is 1720. The Morgan fingerprint density at radius 2 is 1.14 bits per heavy atom. The molecule has 2 aromatic rings. The van der Waals surface area contributed by atoms with E-state index in [-0.39, 0.29) is 27.3 Å². The van der Waals surface area contributed by atoms with Crippen LogP contribution in [0.2, 0.25) is 10.0 Å². The number of aliphatic hydroxyl groups is 1. The summed E-state index contributed by atoms with van der Waals surface area (Å²) in [5.74, 6) is 1.43. The van der Waals surface area contributed by atoms with Crippen LogP contribution in [0, 0.1) is 0 Å². The first kappa shape index (κ1) is 40.5. The fourth-order valence-electron chi connectivity index (χ4n) is 6.81. The van der Waals surface area contributed by atoms with Crippen LogP contribution in [0.4, 0.5) is 0 Å². The highest BCUT2D eigenvalue weighted by molar-refractivity contribution is 7.82. The van der Waals surface area contributed by atoms with Crippen LogP contribution >= 0.6 is 59.2 Å². The van der Waals surface area contributed by atoms with Crippen molar-refractivity contribution in [3.05, 3.63) is 69.1 Å². The molecule has 2 amide bonds. The zero-order valence-corrected chi connectivity index (χ0v) is 32.7. The molecule has 0 saturated heterocycles. The van der Waals surface area contributed by atoms with Crippen LogP contribution < -0.4 is 20.1 Å². The summed E-state index contributed by atoms with van der Waals surface area (Å²) in [6.45, 7) is 0. The number of amides is 2. The summed E-state index contributed by atoms with van der Waals surface area (Å²) in [5, 5.41) is 17.5. The fraction of sp³-hybridized carbons (Fsp3) is 0.444. The molecular weight excluding hydrogens is 759 g/mol. The topological polar surface area (TPSA) is 125 Å². The van der Waals surface area contributed by atoms with E-state index in [0.717, 1.165) is 64.2 Å².